The summed E-state index contributed by atoms with van der Waals surface area (Å²) in [6.45, 7) is 5.67. The zero-order valence-corrected chi connectivity index (χ0v) is 10.0. The van der Waals surface area contributed by atoms with E-state index in [2.05, 4.69) is 21.2 Å². The number of rotatable bonds is 5. The van der Waals surface area contributed by atoms with Crippen molar-refractivity contribution in [1.29, 1.82) is 0 Å². The number of aliphatic hydroxyl groups excluding tert-OH is 1. The minimum absolute atomic E-state index is 0.00847. The van der Waals surface area contributed by atoms with Crippen LogP contribution in [0.5, 0.6) is 0 Å². The highest BCUT2D eigenvalue weighted by Gasteiger charge is 2.28. The summed E-state index contributed by atoms with van der Waals surface area (Å²) in [6, 6.07) is 0. The lowest BCUT2D eigenvalue weighted by Crippen LogP contribution is -2.52. The van der Waals surface area contributed by atoms with Gasteiger partial charge in [-0.1, -0.05) is 29.8 Å². The van der Waals surface area contributed by atoms with Gasteiger partial charge < -0.3 is 10.4 Å². The molecule has 0 aliphatic heterocycles. The van der Waals surface area contributed by atoms with E-state index in [1.165, 1.54) is 0 Å². The second kappa shape index (κ2) is 5.60. The zero-order chi connectivity index (χ0) is 10.5. The summed E-state index contributed by atoms with van der Waals surface area (Å²) in [5.41, 5.74) is -0.445. The Morgan fingerprint density at radius 3 is 2.23 bits per heavy atom. The Kier molecular flexibility index (Phi) is 5.56. The second-order valence-corrected chi connectivity index (χ2v) is 4.62. The van der Waals surface area contributed by atoms with E-state index in [9.17, 15) is 9.90 Å². The molecule has 0 spiro atoms. The zero-order valence-electron chi connectivity index (χ0n) is 8.43. The molecule has 0 heterocycles. The lowest BCUT2D eigenvalue weighted by Gasteiger charge is -2.31. The van der Waals surface area contributed by atoms with E-state index in [4.69, 9.17) is 0 Å². The van der Waals surface area contributed by atoms with Crippen molar-refractivity contribution in [2.75, 3.05) is 6.61 Å². The third kappa shape index (κ3) is 3.65. The van der Waals surface area contributed by atoms with Crippen LogP contribution in [0.25, 0.3) is 0 Å². The number of aliphatic hydroxyl groups is 1. The van der Waals surface area contributed by atoms with E-state index < -0.39 is 5.54 Å². The maximum absolute atomic E-state index is 11.4. The number of nitrogens with one attached hydrogen (secondary N) is 1. The first-order chi connectivity index (χ1) is 6.01. The molecule has 3 nitrogen and oxygen atoms in total. The molecule has 0 aromatic rings. The number of hydrogen-bond acceptors (Lipinski definition) is 2. The van der Waals surface area contributed by atoms with Gasteiger partial charge in [0.2, 0.25) is 5.91 Å². The molecule has 0 saturated carbocycles. The van der Waals surface area contributed by atoms with Gasteiger partial charge >= 0.3 is 0 Å². The van der Waals surface area contributed by atoms with Gasteiger partial charge in [-0.15, -0.1) is 0 Å². The number of halogens is 1. The first-order valence-corrected chi connectivity index (χ1v) is 5.50. The first-order valence-electron chi connectivity index (χ1n) is 4.58. The molecule has 0 fully saturated rings. The fraction of sp³-hybridized carbons (Fsp3) is 0.889. The van der Waals surface area contributed by atoms with Gasteiger partial charge in [-0.25, -0.2) is 0 Å². The van der Waals surface area contributed by atoms with E-state index >= 15 is 0 Å². The van der Waals surface area contributed by atoms with E-state index in [0.717, 1.165) is 12.8 Å². The van der Waals surface area contributed by atoms with Crippen LogP contribution in [0.2, 0.25) is 0 Å². The van der Waals surface area contributed by atoms with Crippen LogP contribution in [-0.4, -0.2) is 28.0 Å². The van der Waals surface area contributed by atoms with Crippen LogP contribution in [0.15, 0.2) is 0 Å². The summed E-state index contributed by atoms with van der Waals surface area (Å²) in [7, 11) is 0. The largest absolute Gasteiger partial charge is 0.394 e. The van der Waals surface area contributed by atoms with Crippen molar-refractivity contribution >= 4 is 21.8 Å². The molecule has 0 aromatic heterocycles. The van der Waals surface area contributed by atoms with Gasteiger partial charge in [0.05, 0.1) is 17.0 Å². The van der Waals surface area contributed by atoms with Crippen LogP contribution in [-0.2, 0) is 4.79 Å². The van der Waals surface area contributed by atoms with Gasteiger partial charge in [-0.05, 0) is 19.8 Å². The number of amides is 1. The quantitative estimate of drug-likeness (QED) is 0.727. The molecule has 2 N–H and O–H groups in total. The van der Waals surface area contributed by atoms with Crippen LogP contribution < -0.4 is 5.32 Å². The van der Waals surface area contributed by atoms with E-state index in [1.807, 2.05) is 13.8 Å². The van der Waals surface area contributed by atoms with Crippen molar-refractivity contribution < 1.29 is 9.90 Å². The number of alkyl halides is 1. The van der Waals surface area contributed by atoms with Crippen molar-refractivity contribution in [2.45, 2.75) is 44.0 Å². The summed E-state index contributed by atoms with van der Waals surface area (Å²) in [4.78, 5) is 11.2. The van der Waals surface area contributed by atoms with Gasteiger partial charge in [0.25, 0.3) is 0 Å². The number of hydrogen-bond donors (Lipinski definition) is 2. The van der Waals surface area contributed by atoms with Gasteiger partial charge in [-0.3, -0.25) is 4.79 Å². The molecule has 0 bridgehead atoms. The topological polar surface area (TPSA) is 49.3 Å². The standard InChI is InChI=1S/C9H18BrNO2/c1-4-9(5-2,6-12)11-8(13)7(3)10/h7,12H,4-6H2,1-3H3,(H,11,13). The molecular formula is C9H18BrNO2. The van der Waals surface area contributed by atoms with Gasteiger partial charge in [0.15, 0.2) is 0 Å². The minimum Gasteiger partial charge on any atom is -0.394 e. The molecule has 0 rings (SSSR count). The third-order valence-corrected chi connectivity index (χ3v) is 2.82. The van der Waals surface area contributed by atoms with Crippen LogP contribution >= 0.6 is 15.9 Å². The van der Waals surface area contributed by atoms with Crippen molar-refractivity contribution in [1.82, 2.24) is 5.32 Å². The molecule has 13 heavy (non-hydrogen) atoms. The monoisotopic (exact) mass is 251 g/mol. The summed E-state index contributed by atoms with van der Waals surface area (Å²) >= 11 is 3.19. The molecule has 0 aliphatic rings. The average molecular weight is 252 g/mol. The molecule has 0 saturated heterocycles. The highest BCUT2D eigenvalue weighted by molar-refractivity contribution is 9.10. The molecule has 0 aromatic carbocycles. The number of carbonyl (C=O) groups excluding carboxylic acids is 1. The Morgan fingerprint density at radius 2 is 2.00 bits per heavy atom. The molecule has 0 aliphatic carbocycles. The Labute approximate surface area is 88.0 Å². The first kappa shape index (κ1) is 12.9. The normalized spacial score (nSPS) is 13.9. The average Bonchev–Trinajstić information content (AvgIpc) is 2.14. The van der Waals surface area contributed by atoms with E-state index in [1.54, 1.807) is 6.92 Å². The maximum Gasteiger partial charge on any atom is 0.234 e. The van der Waals surface area contributed by atoms with Gasteiger partial charge in [0.1, 0.15) is 0 Å². The predicted molar refractivity (Wildman–Crippen MR) is 56.9 cm³/mol. The Hall–Kier alpha value is -0.0900. The Morgan fingerprint density at radius 1 is 1.54 bits per heavy atom. The summed E-state index contributed by atoms with van der Waals surface area (Å²) in [5, 5.41) is 12.0. The highest BCUT2D eigenvalue weighted by Crippen LogP contribution is 2.15. The minimum atomic E-state index is -0.445. The molecule has 1 amide bonds. The van der Waals surface area contributed by atoms with Crippen LogP contribution in [0, 0.1) is 0 Å². The van der Waals surface area contributed by atoms with E-state index in [-0.39, 0.29) is 17.3 Å². The molecule has 1 unspecified atom stereocenters. The van der Waals surface area contributed by atoms with Gasteiger partial charge in [-0.2, -0.15) is 0 Å². The summed E-state index contributed by atoms with van der Waals surface area (Å²) < 4.78 is 0. The van der Waals surface area contributed by atoms with Crippen molar-refractivity contribution in [2.24, 2.45) is 0 Å². The Bertz CT molecular complexity index is 159. The van der Waals surface area contributed by atoms with Crippen LogP contribution in [0.1, 0.15) is 33.6 Å². The molecule has 4 heteroatoms. The lowest BCUT2D eigenvalue weighted by atomic mass is 9.94. The Balaban J connectivity index is 4.33. The lowest BCUT2D eigenvalue weighted by molar-refractivity contribution is -0.122. The van der Waals surface area contributed by atoms with Crippen molar-refractivity contribution in [3.63, 3.8) is 0 Å². The summed E-state index contributed by atoms with van der Waals surface area (Å²) in [6.07, 6.45) is 1.48. The fourth-order valence-electron chi connectivity index (χ4n) is 1.05. The molecule has 78 valence electrons. The SMILES string of the molecule is CCC(CC)(CO)NC(=O)C(C)Br. The maximum atomic E-state index is 11.4. The fourth-order valence-corrected chi connectivity index (χ4v) is 1.17. The van der Waals surface area contributed by atoms with Crippen molar-refractivity contribution in [3.05, 3.63) is 0 Å². The molecule has 0 radical (unpaired) electrons. The van der Waals surface area contributed by atoms with Crippen LogP contribution in [0.4, 0.5) is 0 Å². The molecular weight excluding hydrogens is 234 g/mol. The predicted octanol–water partition coefficient (Wildman–Crippen LogP) is 1.44. The highest BCUT2D eigenvalue weighted by atomic mass is 79.9. The second-order valence-electron chi connectivity index (χ2n) is 3.25. The third-order valence-electron chi connectivity index (χ3n) is 2.41. The molecule has 1 atom stereocenters. The van der Waals surface area contributed by atoms with E-state index in [0.29, 0.717) is 0 Å². The van der Waals surface area contributed by atoms with Crippen LogP contribution in [0.3, 0.4) is 0 Å². The smallest absolute Gasteiger partial charge is 0.234 e. The number of carbonyl (C=O) groups is 1. The van der Waals surface area contributed by atoms with Gasteiger partial charge in [0, 0.05) is 0 Å². The summed E-state index contributed by atoms with van der Waals surface area (Å²) in [5.74, 6) is -0.0715. The van der Waals surface area contributed by atoms with Crippen molar-refractivity contribution in [3.8, 4) is 0 Å².